The van der Waals surface area contributed by atoms with Crippen molar-refractivity contribution in [3.05, 3.63) is 60.2 Å². The van der Waals surface area contributed by atoms with Crippen LogP contribution in [0.5, 0.6) is 0 Å². The van der Waals surface area contributed by atoms with Gasteiger partial charge in [-0.2, -0.15) is 0 Å². The van der Waals surface area contributed by atoms with E-state index in [1.165, 1.54) is 24.1 Å². The third-order valence-electron chi connectivity index (χ3n) is 5.48. The maximum absolute atomic E-state index is 12.4. The van der Waals surface area contributed by atoms with Gasteiger partial charge in [0.2, 0.25) is 0 Å². The standard InChI is InChI=1S/C24H34N4O2S/c1-3-25-24(26-15-10-18-31(29,30)23-13-5-4-6-14-23)27-20(2)21-11-9-12-22(19-21)28-16-7-8-17-28/h4-6,9,11-14,19-20H,3,7-8,10,15-18H2,1-2H3,(H2,25,26,27). The minimum Gasteiger partial charge on any atom is -0.372 e. The summed E-state index contributed by atoms with van der Waals surface area (Å²) in [7, 11) is -3.26. The number of hydrogen-bond acceptors (Lipinski definition) is 4. The van der Waals surface area contributed by atoms with E-state index in [0.717, 1.165) is 19.6 Å². The Labute approximate surface area is 186 Å². The van der Waals surface area contributed by atoms with Gasteiger partial charge in [0.1, 0.15) is 0 Å². The van der Waals surface area contributed by atoms with E-state index in [1.807, 2.05) is 13.0 Å². The summed E-state index contributed by atoms with van der Waals surface area (Å²) in [6, 6.07) is 17.4. The highest BCUT2D eigenvalue weighted by atomic mass is 32.2. The van der Waals surface area contributed by atoms with Gasteiger partial charge in [0.05, 0.1) is 16.7 Å². The van der Waals surface area contributed by atoms with Gasteiger partial charge in [0.15, 0.2) is 15.8 Å². The Morgan fingerprint density at radius 2 is 1.84 bits per heavy atom. The van der Waals surface area contributed by atoms with Crippen LogP contribution in [-0.4, -0.2) is 46.3 Å². The summed E-state index contributed by atoms with van der Waals surface area (Å²) in [6.07, 6.45) is 3.00. The van der Waals surface area contributed by atoms with Crippen molar-refractivity contribution in [2.75, 3.05) is 36.8 Å². The third kappa shape index (κ3) is 6.72. The number of hydrogen-bond donors (Lipinski definition) is 2. The predicted octanol–water partition coefficient (Wildman–Crippen LogP) is 3.77. The van der Waals surface area contributed by atoms with Gasteiger partial charge in [0, 0.05) is 31.9 Å². The second-order valence-corrected chi connectivity index (χ2v) is 10.0. The number of aliphatic imine (C=N–C) groups is 1. The lowest BCUT2D eigenvalue weighted by Crippen LogP contribution is -2.39. The molecular formula is C24H34N4O2S. The zero-order valence-electron chi connectivity index (χ0n) is 18.5. The Balaban J connectivity index is 1.57. The Hall–Kier alpha value is -2.54. The van der Waals surface area contributed by atoms with E-state index in [-0.39, 0.29) is 11.8 Å². The second kappa shape index (κ2) is 11.2. The van der Waals surface area contributed by atoms with Crippen LogP contribution in [0.15, 0.2) is 64.5 Å². The molecule has 168 valence electrons. The molecule has 0 aliphatic carbocycles. The van der Waals surface area contributed by atoms with Crippen LogP contribution in [0.25, 0.3) is 0 Å². The van der Waals surface area contributed by atoms with E-state index in [0.29, 0.717) is 23.8 Å². The van der Waals surface area contributed by atoms with Gasteiger partial charge < -0.3 is 15.5 Å². The molecule has 2 N–H and O–H groups in total. The van der Waals surface area contributed by atoms with Crippen LogP contribution in [0, 0.1) is 0 Å². The first-order valence-electron chi connectivity index (χ1n) is 11.2. The van der Waals surface area contributed by atoms with Crippen molar-refractivity contribution in [2.24, 2.45) is 4.99 Å². The number of nitrogens with zero attached hydrogens (tertiary/aromatic N) is 2. The van der Waals surface area contributed by atoms with Crippen LogP contribution < -0.4 is 15.5 Å². The molecule has 6 nitrogen and oxygen atoms in total. The maximum Gasteiger partial charge on any atom is 0.191 e. The molecule has 1 fully saturated rings. The molecular weight excluding hydrogens is 408 g/mol. The van der Waals surface area contributed by atoms with Gasteiger partial charge >= 0.3 is 0 Å². The van der Waals surface area contributed by atoms with Gasteiger partial charge in [-0.05, 0) is 62.9 Å². The average molecular weight is 443 g/mol. The minimum atomic E-state index is -3.26. The SMILES string of the molecule is CCNC(=NCCCS(=O)(=O)c1ccccc1)NC(C)c1cccc(N2CCCC2)c1. The zero-order valence-corrected chi connectivity index (χ0v) is 19.4. The van der Waals surface area contributed by atoms with Crippen molar-refractivity contribution in [1.29, 1.82) is 0 Å². The summed E-state index contributed by atoms with van der Waals surface area (Å²) in [4.78, 5) is 7.40. The fourth-order valence-corrected chi connectivity index (χ4v) is 5.08. The van der Waals surface area contributed by atoms with E-state index < -0.39 is 9.84 Å². The largest absolute Gasteiger partial charge is 0.372 e. The number of nitrogens with one attached hydrogen (secondary N) is 2. The van der Waals surface area contributed by atoms with Crippen molar-refractivity contribution in [1.82, 2.24) is 10.6 Å². The second-order valence-electron chi connectivity index (χ2n) is 7.90. The van der Waals surface area contributed by atoms with Crippen LogP contribution in [0.3, 0.4) is 0 Å². The molecule has 7 heteroatoms. The number of guanidine groups is 1. The van der Waals surface area contributed by atoms with Crippen LogP contribution in [-0.2, 0) is 9.84 Å². The van der Waals surface area contributed by atoms with Gasteiger partial charge in [-0.25, -0.2) is 8.42 Å². The molecule has 1 atom stereocenters. The number of rotatable bonds is 9. The molecule has 0 radical (unpaired) electrons. The Morgan fingerprint density at radius 1 is 1.10 bits per heavy atom. The fourth-order valence-electron chi connectivity index (χ4n) is 3.77. The van der Waals surface area contributed by atoms with E-state index in [9.17, 15) is 8.42 Å². The quantitative estimate of drug-likeness (QED) is 0.351. The molecule has 0 saturated carbocycles. The van der Waals surface area contributed by atoms with Gasteiger partial charge in [0.25, 0.3) is 0 Å². The molecule has 1 aliphatic heterocycles. The Morgan fingerprint density at radius 3 is 2.55 bits per heavy atom. The number of benzene rings is 2. The first-order chi connectivity index (χ1) is 15.0. The van der Waals surface area contributed by atoms with Gasteiger partial charge in [-0.3, -0.25) is 4.99 Å². The van der Waals surface area contributed by atoms with Crippen molar-refractivity contribution >= 4 is 21.5 Å². The van der Waals surface area contributed by atoms with E-state index in [4.69, 9.17) is 0 Å². The topological polar surface area (TPSA) is 73.8 Å². The molecule has 2 aromatic carbocycles. The molecule has 1 saturated heterocycles. The van der Waals surface area contributed by atoms with Crippen molar-refractivity contribution in [3.8, 4) is 0 Å². The van der Waals surface area contributed by atoms with Crippen LogP contribution in [0.2, 0.25) is 0 Å². The lowest BCUT2D eigenvalue weighted by Gasteiger charge is -2.22. The summed E-state index contributed by atoms with van der Waals surface area (Å²) in [5, 5.41) is 6.71. The lowest BCUT2D eigenvalue weighted by atomic mass is 10.1. The monoisotopic (exact) mass is 442 g/mol. The van der Waals surface area contributed by atoms with Crippen LogP contribution >= 0.6 is 0 Å². The third-order valence-corrected chi connectivity index (χ3v) is 7.30. The normalized spacial score (nSPS) is 15.7. The smallest absolute Gasteiger partial charge is 0.191 e. The molecule has 0 spiro atoms. The molecule has 31 heavy (non-hydrogen) atoms. The molecule has 0 bridgehead atoms. The van der Waals surface area contributed by atoms with Crippen LogP contribution in [0.1, 0.15) is 44.7 Å². The molecule has 1 aliphatic rings. The summed E-state index contributed by atoms with van der Waals surface area (Å²) in [6.45, 7) is 7.59. The summed E-state index contributed by atoms with van der Waals surface area (Å²) >= 11 is 0. The highest BCUT2D eigenvalue weighted by Crippen LogP contribution is 2.24. The molecule has 1 unspecified atom stereocenters. The highest BCUT2D eigenvalue weighted by molar-refractivity contribution is 7.91. The highest BCUT2D eigenvalue weighted by Gasteiger charge is 2.15. The lowest BCUT2D eigenvalue weighted by molar-refractivity contribution is 0.593. The van der Waals surface area contributed by atoms with Crippen LogP contribution in [0.4, 0.5) is 5.69 Å². The number of sulfone groups is 1. The maximum atomic E-state index is 12.4. The van der Waals surface area contributed by atoms with E-state index >= 15 is 0 Å². The molecule has 0 amide bonds. The van der Waals surface area contributed by atoms with Crippen molar-refractivity contribution in [2.45, 2.75) is 44.0 Å². The van der Waals surface area contributed by atoms with E-state index in [2.05, 4.69) is 51.7 Å². The first kappa shape index (κ1) is 23.1. The Kier molecular flexibility index (Phi) is 8.35. The molecule has 2 aromatic rings. The van der Waals surface area contributed by atoms with E-state index in [1.54, 1.807) is 24.3 Å². The van der Waals surface area contributed by atoms with Crippen molar-refractivity contribution < 1.29 is 8.42 Å². The van der Waals surface area contributed by atoms with Gasteiger partial charge in [-0.1, -0.05) is 30.3 Å². The summed E-state index contributed by atoms with van der Waals surface area (Å²) < 4.78 is 24.8. The predicted molar refractivity (Wildman–Crippen MR) is 129 cm³/mol. The molecule has 0 aromatic heterocycles. The van der Waals surface area contributed by atoms with Gasteiger partial charge in [-0.15, -0.1) is 0 Å². The zero-order chi connectivity index (χ0) is 22.1. The summed E-state index contributed by atoms with van der Waals surface area (Å²) in [5.41, 5.74) is 2.48. The fraction of sp³-hybridized carbons (Fsp3) is 0.458. The summed E-state index contributed by atoms with van der Waals surface area (Å²) in [5.74, 6) is 0.798. The average Bonchev–Trinajstić information content (AvgIpc) is 3.32. The van der Waals surface area contributed by atoms with Crippen molar-refractivity contribution in [3.63, 3.8) is 0 Å². The first-order valence-corrected chi connectivity index (χ1v) is 12.8. The molecule has 1 heterocycles. The molecule has 3 rings (SSSR count). The minimum absolute atomic E-state index is 0.0906. The Bertz CT molecular complexity index is 955. The number of anilines is 1.